The zero-order valence-electron chi connectivity index (χ0n) is 13.0. The minimum absolute atomic E-state index is 0.0780. The van der Waals surface area contributed by atoms with Crippen LogP contribution in [0.1, 0.15) is 0 Å². The van der Waals surface area contributed by atoms with Gasteiger partial charge in [-0.3, -0.25) is 9.36 Å². The molecule has 0 saturated carbocycles. The fraction of sp³-hybridized carbons (Fsp3) is 0.0526. The molecule has 0 aliphatic carbocycles. The average molecular weight is 366 g/mol. The molecule has 6 heteroatoms. The number of thiophene rings is 1. The lowest BCUT2D eigenvalue weighted by atomic mass is 10.2. The summed E-state index contributed by atoms with van der Waals surface area (Å²) in [7, 11) is 0. The number of halogens is 1. The molecule has 0 radical (unpaired) electrons. The van der Waals surface area contributed by atoms with Crippen molar-refractivity contribution >= 4 is 48.9 Å². The number of nitrogens with one attached hydrogen (secondary N) is 1. The molecule has 0 unspecified atom stereocenters. The lowest BCUT2D eigenvalue weighted by Gasteiger charge is -2.07. The van der Waals surface area contributed by atoms with E-state index in [0.717, 1.165) is 27.0 Å². The first-order chi connectivity index (χ1) is 12.2. The summed E-state index contributed by atoms with van der Waals surface area (Å²) in [5, 5.41) is 5.63. The maximum atomic E-state index is 13.0. The standard InChI is InChI=1S/C19H12ClN3OS/c1-2-9-21-15-7-10-22-18-16(15)14-8-11-23(19(24)17(14)25-18)13-5-3-12(20)4-6-13/h1,3-8,10-11H,9H2,(H,21,22). The molecule has 0 atom stereocenters. The highest BCUT2D eigenvalue weighted by atomic mass is 35.5. The molecule has 4 aromatic rings. The summed E-state index contributed by atoms with van der Waals surface area (Å²) in [5.74, 6) is 2.56. The number of pyridine rings is 2. The van der Waals surface area contributed by atoms with Gasteiger partial charge in [0.1, 0.15) is 9.53 Å². The Kier molecular flexibility index (Phi) is 3.92. The first-order valence-electron chi connectivity index (χ1n) is 7.55. The number of terminal acetylenes is 1. The molecule has 1 N–H and O–H groups in total. The Labute approximate surface area is 152 Å². The van der Waals surface area contributed by atoms with Gasteiger partial charge in [0.05, 0.1) is 6.54 Å². The van der Waals surface area contributed by atoms with Gasteiger partial charge >= 0.3 is 0 Å². The van der Waals surface area contributed by atoms with Crippen molar-refractivity contribution in [3.8, 4) is 18.0 Å². The molecule has 1 aromatic carbocycles. The van der Waals surface area contributed by atoms with Crippen molar-refractivity contribution in [2.75, 3.05) is 11.9 Å². The van der Waals surface area contributed by atoms with Crippen molar-refractivity contribution in [1.29, 1.82) is 0 Å². The number of nitrogens with zero attached hydrogens (tertiary/aromatic N) is 2. The van der Waals surface area contributed by atoms with Gasteiger partial charge in [0, 0.05) is 39.6 Å². The molecular formula is C19H12ClN3OS. The molecule has 3 heterocycles. The van der Waals surface area contributed by atoms with Crippen LogP contribution in [0.5, 0.6) is 0 Å². The lowest BCUT2D eigenvalue weighted by Crippen LogP contribution is -2.16. The Balaban J connectivity index is 1.96. The van der Waals surface area contributed by atoms with E-state index in [2.05, 4.69) is 16.2 Å². The van der Waals surface area contributed by atoms with Crippen molar-refractivity contribution in [3.63, 3.8) is 0 Å². The first-order valence-corrected chi connectivity index (χ1v) is 8.74. The third-order valence-corrected chi connectivity index (χ3v) is 5.27. The van der Waals surface area contributed by atoms with Gasteiger partial charge in [-0.2, -0.15) is 0 Å². The molecule has 0 bridgehead atoms. The van der Waals surface area contributed by atoms with E-state index in [9.17, 15) is 4.79 Å². The van der Waals surface area contributed by atoms with Crippen LogP contribution < -0.4 is 10.9 Å². The summed E-state index contributed by atoms with van der Waals surface area (Å²) in [6, 6.07) is 11.0. The van der Waals surface area contributed by atoms with Crippen molar-refractivity contribution in [2.45, 2.75) is 0 Å². The third kappa shape index (κ3) is 2.66. The lowest BCUT2D eigenvalue weighted by molar-refractivity contribution is 1.01. The van der Waals surface area contributed by atoms with Crippen molar-refractivity contribution in [2.24, 2.45) is 0 Å². The van der Waals surface area contributed by atoms with Crippen LogP contribution in [0.3, 0.4) is 0 Å². The molecule has 0 fully saturated rings. The third-order valence-electron chi connectivity index (χ3n) is 3.92. The Hall–Kier alpha value is -2.81. The molecular weight excluding hydrogens is 354 g/mol. The van der Waals surface area contributed by atoms with Gasteiger partial charge in [-0.25, -0.2) is 4.98 Å². The molecule has 3 aromatic heterocycles. The summed E-state index contributed by atoms with van der Waals surface area (Å²) in [6.45, 7) is 0.415. The van der Waals surface area contributed by atoms with Crippen LogP contribution in [0, 0.1) is 12.3 Å². The molecule has 0 saturated heterocycles. The Morgan fingerprint density at radius 1 is 1.24 bits per heavy atom. The fourth-order valence-electron chi connectivity index (χ4n) is 2.79. The van der Waals surface area contributed by atoms with Crippen LogP contribution in [0.15, 0.2) is 53.6 Å². The summed E-state index contributed by atoms with van der Waals surface area (Å²) < 4.78 is 2.28. The van der Waals surface area contributed by atoms with Gasteiger partial charge in [0.15, 0.2) is 0 Å². The second-order valence-corrected chi connectivity index (χ2v) is 6.84. The van der Waals surface area contributed by atoms with Crippen LogP contribution in [0.2, 0.25) is 5.02 Å². The van der Waals surface area contributed by atoms with E-state index in [1.165, 1.54) is 11.3 Å². The number of fused-ring (bicyclic) bond motifs is 3. The van der Waals surface area contributed by atoms with E-state index in [1.807, 2.05) is 24.3 Å². The van der Waals surface area contributed by atoms with Crippen LogP contribution in [0.25, 0.3) is 26.0 Å². The zero-order chi connectivity index (χ0) is 17.4. The zero-order valence-corrected chi connectivity index (χ0v) is 14.6. The molecule has 25 heavy (non-hydrogen) atoms. The summed E-state index contributed by atoms with van der Waals surface area (Å²) in [6.07, 6.45) is 8.83. The second-order valence-electron chi connectivity index (χ2n) is 5.41. The molecule has 0 aliphatic heterocycles. The monoisotopic (exact) mass is 365 g/mol. The topological polar surface area (TPSA) is 46.9 Å². The quantitative estimate of drug-likeness (QED) is 0.551. The predicted octanol–water partition coefficient (Wildman–Crippen LogP) is 4.30. The molecule has 0 aliphatic rings. The maximum Gasteiger partial charge on any atom is 0.273 e. The minimum Gasteiger partial charge on any atom is -0.374 e. The summed E-state index contributed by atoms with van der Waals surface area (Å²) in [4.78, 5) is 18.2. The Bertz CT molecular complexity index is 1190. The number of hydrogen-bond acceptors (Lipinski definition) is 4. The minimum atomic E-state index is -0.0780. The molecule has 4 nitrogen and oxygen atoms in total. The smallest absolute Gasteiger partial charge is 0.273 e. The molecule has 122 valence electrons. The predicted molar refractivity (Wildman–Crippen MR) is 105 cm³/mol. The Morgan fingerprint density at radius 2 is 2.04 bits per heavy atom. The van der Waals surface area contributed by atoms with Crippen LogP contribution in [-0.4, -0.2) is 16.1 Å². The van der Waals surface area contributed by atoms with Gasteiger partial charge in [-0.05, 0) is 36.4 Å². The van der Waals surface area contributed by atoms with Gasteiger partial charge in [-0.1, -0.05) is 17.5 Å². The summed E-state index contributed by atoms with van der Waals surface area (Å²) >= 11 is 7.32. The second kappa shape index (κ2) is 6.25. The molecule has 0 spiro atoms. The maximum absolute atomic E-state index is 13.0. The van der Waals surface area contributed by atoms with E-state index in [1.54, 1.807) is 29.1 Å². The highest BCUT2D eigenvalue weighted by Crippen LogP contribution is 2.35. The summed E-state index contributed by atoms with van der Waals surface area (Å²) in [5.41, 5.74) is 1.58. The van der Waals surface area contributed by atoms with Gasteiger partial charge in [-0.15, -0.1) is 17.8 Å². The fourth-order valence-corrected chi connectivity index (χ4v) is 4.01. The van der Waals surface area contributed by atoms with Gasteiger partial charge < -0.3 is 5.32 Å². The van der Waals surface area contributed by atoms with Gasteiger partial charge in [0.2, 0.25) is 0 Å². The van der Waals surface area contributed by atoms with Gasteiger partial charge in [0.25, 0.3) is 5.56 Å². The SMILES string of the molecule is C#CCNc1ccnc2sc3c(=O)n(-c4ccc(Cl)cc4)ccc3c12. The van der Waals surface area contributed by atoms with Crippen LogP contribution in [0.4, 0.5) is 5.69 Å². The van der Waals surface area contributed by atoms with Crippen molar-refractivity contribution in [3.05, 3.63) is 64.2 Å². The normalized spacial score (nSPS) is 10.9. The Morgan fingerprint density at radius 3 is 2.80 bits per heavy atom. The van der Waals surface area contributed by atoms with E-state index in [-0.39, 0.29) is 5.56 Å². The number of rotatable bonds is 3. The highest BCUT2D eigenvalue weighted by Gasteiger charge is 2.14. The van der Waals surface area contributed by atoms with E-state index >= 15 is 0 Å². The average Bonchev–Trinajstić information content (AvgIpc) is 3.01. The van der Waals surface area contributed by atoms with E-state index in [0.29, 0.717) is 16.3 Å². The van der Waals surface area contributed by atoms with Crippen molar-refractivity contribution < 1.29 is 0 Å². The highest BCUT2D eigenvalue weighted by molar-refractivity contribution is 7.25. The number of hydrogen-bond donors (Lipinski definition) is 1. The first kappa shape index (κ1) is 15.7. The van der Waals surface area contributed by atoms with Crippen molar-refractivity contribution in [1.82, 2.24) is 9.55 Å². The molecule has 0 amide bonds. The van der Waals surface area contributed by atoms with E-state index < -0.39 is 0 Å². The number of anilines is 1. The number of benzene rings is 1. The van der Waals surface area contributed by atoms with Crippen LogP contribution in [-0.2, 0) is 0 Å². The number of aromatic nitrogens is 2. The largest absolute Gasteiger partial charge is 0.374 e. The molecule has 4 rings (SSSR count). The van der Waals surface area contributed by atoms with Crippen LogP contribution >= 0.6 is 22.9 Å². The van der Waals surface area contributed by atoms with E-state index in [4.69, 9.17) is 18.0 Å².